The van der Waals surface area contributed by atoms with Crippen molar-refractivity contribution in [1.29, 1.82) is 0 Å². The van der Waals surface area contributed by atoms with Crippen molar-refractivity contribution in [2.24, 2.45) is 0 Å². The van der Waals surface area contributed by atoms with E-state index in [1.54, 1.807) is 12.7 Å². The van der Waals surface area contributed by atoms with Crippen molar-refractivity contribution in [2.75, 3.05) is 0 Å². The van der Waals surface area contributed by atoms with E-state index in [9.17, 15) is 0 Å². The predicted molar refractivity (Wildman–Crippen MR) is 38.4 cm³/mol. The molecule has 0 aliphatic heterocycles. The molecule has 1 rings (SSSR count). The first-order valence-corrected chi connectivity index (χ1v) is 3.84. The molecule has 0 atom stereocenters. The van der Waals surface area contributed by atoms with Gasteiger partial charge < -0.3 is 4.42 Å². The van der Waals surface area contributed by atoms with Gasteiger partial charge in [0.1, 0.15) is 0 Å². The number of hydrogen-bond acceptors (Lipinski definition) is 1. The molecule has 0 amide bonds. The lowest BCUT2D eigenvalue weighted by atomic mass is 10.2. The van der Waals surface area contributed by atoms with E-state index in [4.69, 9.17) is 4.42 Å². The highest BCUT2D eigenvalue weighted by Crippen LogP contribution is 1.92. The largest absolute Gasteiger partial charge is 0.412 e. The molecule has 0 unspecified atom stereocenters. The number of aryl methyl sites for hydroxylation is 1. The van der Waals surface area contributed by atoms with Gasteiger partial charge in [-0.2, -0.15) is 4.57 Å². The van der Waals surface area contributed by atoms with Crippen molar-refractivity contribution >= 4 is 0 Å². The number of nitrogens with zero attached hydrogens (tertiary/aromatic N) is 1. The Labute approximate surface area is 61.5 Å². The van der Waals surface area contributed by atoms with E-state index < -0.39 is 0 Å². The molecule has 0 saturated heterocycles. The summed E-state index contributed by atoms with van der Waals surface area (Å²) in [5.41, 5.74) is 0. The van der Waals surface area contributed by atoms with Crippen LogP contribution in [-0.2, 0) is 6.54 Å². The third-order valence-corrected chi connectivity index (χ3v) is 1.55. The van der Waals surface area contributed by atoms with Gasteiger partial charge in [-0.3, -0.25) is 0 Å². The summed E-state index contributed by atoms with van der Waals surface area (Å²) in [7, 11) is 0. The van der Waals surface area contributed by atoms with Gasteiger partial charge in [-0.1, -0.05) is 13.3 Å². The lowest BCUT2D eigenvalue weighted by Gasteiger charge is -1.89. The monoisotopic (exact) mass is 140 g/mol. The Kier molecular flexibility index (Phi) is 3.00. The maximum Gasteiger partial charge on any atom is 0.334 e. The Morgan fingerprint density at radius 1 is 1.40 bits per heavy atom. The molecule has 1 aromatic heterocycles. The third kappa shape index (κ3) is 2.21. The van der Waals surface area contributed by atoms with Crippen molar-refractivity contribution in [3.05, 3.63) is 18.9 Å². The maximum absolute atomic E-state index is 4.91. The highest BCUT2D eigenvalue weighted by Gasteiger charge is 1.97. The van der Waals surface area contributed by atoms with Crippen LogP contribution in [0.15, 0.2) is 23.3 Å². The number of hydrogen-bond donors (Lipinski definition) is 0. The van der Waals surface area contributed by atoms with Gasteiger partial charge in [0, 0.05) is 6.42 Å². The fraction of sp³-hybridized carbons (Fsp3) is 0.625. The second-order valence-corrected chi connectivity index (χ2v) is 2.47. The molecule has 10 heavy (non-hydrogen) atoms. The molecule has 2 heteroatoms. The lowest BCUT2D eigenvalue weighted by molar-refractivity contribution is -0.700. The summed E-state index contributed by atoms with van der Waals surface area (Å²) in [6.07, 6.45) is 9.23. The Bertz CT molecular complexity index is 158. The lowest BCUT2D eigenvalue weighted by Crippen LogP contribution is -2.29. The van der Waals surface area contributed by atoms with Crippen molar-refractivity contribution in [3.8, 4) is 0 Å². The van der Waals surface area contributed by atoms with Crippen LogP contribution in [0.1, 0.15) is 26.2 Å². The summed E-state index contributed by atoms with van der Waals surface area (Å²) in [6.45, 7) is 3.30. The van der Waals surface area contributed by atoms with Gasteiger partial charge in [-0.25, -0.2) is 0 Å². The zero-order valence-electron chi connectivity index (χ0n) is 6.42. The van der Waals surface area contributed by atoms with E-state index in [1.165, 1.54) is 19.3 Å². The van der Waals surface area contributed by atoms with Gasteiger partial charge in [0.2, 0.25) is 6.20 Å². The van der Waals surface area contributed by atoms with E-state index >= 15 is 0 Å². The van der Waals surface area contributed by atoms with E-state index in [0.717, 1.165) is 6.54 Å². The summed E-state index contributed by atoms with van der Waals surface area (Å²) in [5.74, 6) is 0. The zero-order chi connectivity index (χ0) is 7.23. The minimum absolute atomic E-state index is 1.09. The van der Waals surface area contributed by atoms with Crippen LogP contribution < -0.4 is 4.57 Å². The Balaban J connectivity index is 2.15. The van der Waals surface area contributed by atoms with Crippen molar-refractivity contribution < 1.29 is 8.98 Å². The first kappa shape index (κ1) is 7.32. The highest BCUT2D eigenvalue weighted by molar-refractivity contribution is 4.46. The molecule has 0 aliphatic rings. The van der Waals surface area contributed by atoms with Gasteiger partial charge in [0.15, 0.2) is 12.8 Å². The summed E-state index contributed by atoms with van der Waals surface area (Å²) in [6, 6.07) is 0. The second kappa shape index (κ2) is 4.09. The standard InChI is InChI=1S/C8H14NO/c1-2-3-4-5-9-6-7-10-8-9/h6-8H,2-5H2,1H3/q+1. The van der Waals surface area contributed by atoms with Gasteiger partial charge in [-0.15, -0.1) is 0 Å². The minimum atomic E-state index is 1.09. The summed E-state index contributed by atoms with van der Waals surface area (Å²) in [4.78, 5) is 0. The zero-order valence-corrected chi connectivity index (χ0v) is 6.42. The molecule has 0 aromatic carbocycles. The Hall–Kier alpha value is -0.790. The molecule has 0 aliphatic carbocycles. The SMILES string of the molecule is CCCCC[n+]1ccoc1. The van der Waals surface area contributed by atoms with Crippen LogP contribution in [0, 0.1) is 0 Å². The molecular formula is C8H14NO+. The molecule has 1 heterocycles. The molecule has 56 valence electrons. The maximum atomic E-state index is 4.91. The minimum Gasteiger partial charge on any atom is -0.412 e. The topological polar surface area (TPSA) is 17.0 Å². The van der Waals surface area contributed by atoms with E-state index in [0.29, 0.717) is 0 Å². The van der Waals surface area contributed by atoms with Gasteiger partial charge in [0.05, 0.1) is 0 Å². The molecule has 0 bridgehead atoms. The first-order chi connectivity index (χ1) is 4.93. The Morgan fingerprint density at radius 2 is 2.30 bits per heavy atom. The second-order valence-electron chi connectivity index (χ2n) is 2.47. The summed E-state index contributed by atoms with van der Waals surface area (Å²) < 4.78 is 6.97. The third-order valence-electron chi connectivity index (χ3n) is 1.55. The van der Waals surface area contributed by atoms with Crippen molar-refractivity contribution in [3.63, 3.8) is 0 Å². The average molecular weight is 140 g/mol. The van der Waals surface area contributed by atoms with E-state index in [1.807, 2.05) is 6.20 Å². The fourth-order valence-electron chi connectivity index (χ4n) is 0.933. The van der Waals surface area contributed by atoms with E-state index in [2.05, 4.69) is 11.5 Å². The summed E-state index contributed by atoms with van der Waals surface area (Å²) in [5, 5.41) is 0. The normalized spacial score (nSPS) is 10.1. The number of rotatable bonds is 4. The quantitative estimate of drug-likeness (QED) is 0.460. The molecule has 0 saturated carbocycles. The number of unbranched alkanes of at least 4 members (excludes halogenated alkanes) is 2. The Morgan fingerprint density at radius 3 is 2.90 bits per heavy atom. The van der Waals surface area contributed by atoms with Gasteiger partial charge in [-0.05, 0) is 6.42 Å². The van der Waals surface area contributed by atoms with Crippen molar-refractivity contribution in [2.45, 2.75) is 32.7 Å². The van der Waals surface area contributed by atoms with Crippen LogP contribution in [0.4, 0.5) is 0 Å². The molecule has 0 radical (unpaired) electrons. The number of aromatic nitrogens is 1. The molecule has 0 N–H and O–H groups in total. The van der Waals surface area contributed by atoms with Gasteiger partial charge in [0.25, 0.3) is 0 Å². The fourth-order valence-corrected chi connectivity index (χ4v) is 0.933. The van der Waals surface area contributed by atoms with Crippen LogP contribution in [0.5, 0.6) is 0 Å². The van der Waals surface area contributed by atoms with Crippen molar-refractivity contribution in [1.82, 2.24) is 0 Å². The smallest absolute Gasteiger partial charge is 0.334 e. The van der Waals surface area contributed by atoms with Gasteiger partial charge >= 0.3 is 6.39 Å². The molecule has 1 aromatic rings. The molecular weight excluding hydrogens is 126 g/mol. The van der Waals surface area contributed by atoms with Crippen LogP contribution in [0.25, 0.3) is 0 Å². The average Bonchev–Trinajstić information content (AvgIpc) is 2.41. The van der Waals surface area contributed by atoms with Crippen LogP contribution >= 0.6 is 0 Å². The number of oxazole rings is 1. The molecule has 0 spiro atoms. The van der Waals surface area contributed by atoms with Crippen LogP contribution in [0.3, 0.4) is 0 Å². The summed E-state index contributed by atoms with van der Waals surface area (Å²) >= 11 is 0. The molecule has 0 fully saturated rings. The van der Waals surface area contributed by atoms with Crippen LogP contribution in [-0.4, -0.2) is 0 Å². The molecule has 2 nitrogen and oxygen atoms in total. The predicted octanol–water partition coefficient (Wildman–Crippen LogP) is 1.76. The van der Waals surface area contributed by atoms with Crippen LogP contribution in [0.2, 0.25) is 0 Å². The first-order valence-electron chi connectivity index (χ1n) is 3.84. The van der Waals surface area contributed by atoms with E-state index in [-0.39, 0.29) is 0 Å². The highest BCUT2D eigenvalue weighted by atomic mass is 16.3.